The average molecular weight is 539 g/mol. The molecule has 0 bridgehead atoms. The maximum Gasteiger partial charge on any atom is 0.291 e. The summed E-state index contributed by atoms with van der Waals surface area (Å²) in [5.41, 5.74) is 1.63. The molecule has 1 aromatic heterocycles. The fourth-order valence-electron chi connectivity index (χ4n) is 4.72. The van der Waals surface area contributed by atoms with Crippen LogP contribution in [0.25, 0.3) is 0 Å². The van der Waals surface area contributed by atoms with Crippen LogP contribution < -0.4 is 15.0 Å². The Morgan fingerprint density at radius 2 is 1.95 bits per heavy atom. The van der Waals surface area contributed by atoms with Crippen LogP contribution in [-0.2, 0) is 22.4 Å². The number of nitrogens with zero attached hydrogens (tertiary/aromatic N) is 4. The molecule has 2 aliphatic heterocycles. The van der Waals surface area contributed by atoms with Crippen LogP contribution in [0.1, 0.15) is 46.8 Å². The third kappa shape index (κ3) is 5.89. The number of halogens is 2. The predicted octanol–water partition coefficient (Wildman–Crippen LogP) is 2.38. The summed E-state index contributed by atoms with van der Waals surface area (Å²) >= 11 is 0. The lowest BCUT2D eigenvalue weighted by Gasteiger charge is -2.20. The minimum Gasteiger partial charge on any atom is -0.489 e. The number of aromatic nitrogens is 3. The molecule has 1 atom stereocenters. The van der Waals surface area contributed by atoms with Crippen molar-refractivity contribution >= 4 is 23.4 Å². The summed E-state index contributed by atoms with van der Waals surface area (Å²) in [6, 6.07) is 7.63. The van der Waals surface area contributed by atoms with E-state index < -0.39 is 29.5 Å². The topological polar surface area (TPSA) is 121 Å². The summed E-state index contributed by atoms with van der Waals surface area (Å²) in [6.07, 6.45) is 2.99. The number of rotatable bonds is 7. The molecule has 2 aromatic carbocycles. The van der Waals surface area contributed by atoms with Gasteiger partial charge in [0, 0.05) is 39.0 Å². The van der Waals surface area contributed by atoms with E-state index in [4.69, 9.17) is 4.74 Å². The number of amides is 3. The Morgan fingerprint density at radius 1 is 1.15 bits per heavy atom. The zero-order valence-electron chi connectivity index (χ0n) is 21.4. The number of carbonyl (C=O) groups excluding carboxylic acids is 3. The van der Waals surface area contributed by atoms with Crippen LogP contribution in [-0.4, -0.2) is 70.6 Å². The molecular weight excluding hydrogens is 510 g/mol. The minimum absolute atomic E-state index is 0.0259. The van der Waals surface area contributed by atoms with E-state index in [0.717, 1.165) is 43.6 Å². The first-order valence-corrected chi connectivity index (χ1v) is 12.8. The van der Waals surface area contributed by atoms with E-state index in [1.54, 1.807) is 13.1 Å². The van der Waals surface area contributed by atoms with Crippen LogP contribution in [0.15, 0.2) is 36.4 Å². The fourth-order valence-corrected chi connectivity index (χ4v) is 4.72. The molecule has 0 unspecified atom stereocenters. The number of benzene rings is 2. The normalized spacial score (nSPS) is 17.0. The lowest BCUT2D eigenvalue weighted by Crippen LogP contribution is -2.49. The Bertz CT molecular complexity index is 1400. The number of aromatic amines is 1. The molecule has 0 spiro atoms. The van der Waals surface area contributed by atoms with Crippen LogP contribution >= 0.6 is 0 Å². The quantitative estimate of drug-likeness (QED) is 0.477. The van der Waals surface area contributed by atoms with Crippen LogP contribution in [0.3, 0.4) is 0 Å². The van der Waals surface area contributed by atoms with Gasteiger partial charge >= 0.3 is 0 Å². The summed E-state index contributed by atoms with van der Waals surface area (Å²) in [5.74, 6) is -1.94. The first-order chi connectivity index (χ1) is 18.8. The predicted molar refractivity (Wildman–Crippen MR) is 136 cm³/mol. The zero-order valence-corrected chi connectivity index (χ0v) is 21.4. The maximum atomic E-state index is 14.0. The Hall–Kier alpha value is -4.35. The third-order valence-corrected chi connectivity index (χ3v) is 6.92. The van der Waals surface area contributed by atoms with Crippen LogP contribution in [0.4, 0.5) is 14.5 Å². The van der Waals surface area contributed by atoms with Gasteiger partial charge in [0.15, 0.2) is 0 Å². The van der Waals surface area contributed by atoms with Crippen LogP contribution in [0, 0.1) is 11.6 Å². The lowest BCUT2D eigenvalue weighted by atomic mass is 10.1. The van der Waals surface area contributed by atoms with E-state index in [-0.39, 0.29) is 36.1 Å². The molecular formula is C27H28F2N6O4. The molecule has 3 aromatic rings. The second-order valence-corrected chi connectivity index (χ2v) is 9.64. The van der Waals surface area contributed by atoms with Gasteiger partial charge in [0.2, 0.25) is 11.7 Å². The van der Waals surface area contributed by atoms with Crippen molar-refractivity contribution in [3.63, 3.8) is 0 Å². The summed E-state index contributed by atoms with van der Waals surface area (Å²) in [4.78, 5) is 45.8. The Labute approximate surface area is 223 Å². The molecule has 12 heteroatoms. The molecule has 1 saturated heterocycles. The van der Waals surface area contributed by atoms with Gasteiger partial charge in [0.1, 0.15) is 35.9 Å². The van der Waals surface area contributed by atoms with E-state index in [9.17, 15) is 23.2 Å². The highest BCUT2D eigenvalue weighted by Crippen LogP contribution is 2.32. The molecule has 39 heavy (non-hydrogen) atoms. The van der Waals surface area contributed by atoms with Gasteiger partial charge in [-0.15, -0.1) is 5.10 Å². The summed E-state index contributed by atoms with van der Waals surface area (Å²) in [6.45, 7) is 1.51. The summed E-state index contributed by atoms with van der Waals surface area (Å²) in [7, 11) is 1.59. The van der Waals surface area contributed by atoms with Crippen molar-refractivity contribution in [3.8, 4) is 5.75 Å². The van der Waals surface area contributed by atoms with Crippen molar-refractivity contribution in [1.82, 2.24) is 25.4 Å². The number of H-pyrrole nitrogens is 1. The molecule has 2 aliphatic rings. The standard InChI is InChI=1S/C27H28F2N6O4/c1-34-21-12-16(5-9-24(36)35-10-2-3-11-35)4-8-22(21)39-15-20(27(34)38)30-26(37)25-31-23(32-33-25)13-17-6-7-18(28)14-19(17)29/h4,6-8,12,14,20H,2-3,5,9-11,13,15H2,1H3,(H,30,37)(H,31,32,33)/t20-/m0/s1. The van der Waals surface area contributed by atoms with Gasteiger partial charge < -0.3 is 19.9 Å². The first-order valence-electron chi connectivity index (χ1n) is 12.8. The molecule has 0 aliphatic carbocycles. The van der Waals surface area contributed by atoms with Crippen molar-refractivity contribution in [2.75, 3.05) is 31.6 Å². The second-order valence-electron chi connectivity index (χ2n) is 9.64. The number of likely N-dealkylation sites (N-methyl/N-ethyl adjacent to an activating group) is 1. The van der Waals surface area contributed by atoms with Gasteiger partial charge in [-0.1, -0.05) is 12.1 Å². The Morgan fingerprint density at radius 3 is 2.72 bits per heavy atom. The average Bonchev–Trinajstić information content (AvgIpc) is 3.62. The number of hydrogen-bond acceptors (Lipinski definition) is 6. The minimum atomic E-state index is -1.01. The summed E-state index contributed by atoms with van der Waals surface area (Å²) in [5, 5.41) is 9.03. The summed E-state index contributed by atoms with van der Waals surface area (Å²) < 4.78 is 32.9. The molecule has 5 rings (SSSR count). The van der Waals surface area contributed by atoms with Crippen molar-refractivity contribution in [2.24, 2.45) is 0 Å². The monoisotopic (exact) mass is 538 g/mol. The molecule has 0 radical (unpaired) electrons. The molecule has 3 amide bonds. The molecule has 0 saturated carbocycles. The van der Waals surface area contributed by atoms with E-state index in [1.807, 2.05) is 17.0 Å². The number of fused-ring (bicyclic) bond motifs is 1. The molecule has 10 nitrogen and oxygen atoms in total. The Balaban J connectivity index is 1.21. The van der Waals surface area contributed by atoms with Crippen molar-refractivity contribution in [2.45, 2.75) is 38.1 Å². The third-order valence-electron chi connectivity index (χ3n) is 6.92. The Kier molecular flexibility index (Phi) is 7.53. The highest BCUT2D eigenvalue weighted by molar-refractivity contribution is 6.02. The number of likely N-dealkylation sites (tertiary alicyclic amines) is 1. The number of nitrogens with one attached hydrogen (secondary N) is 2. The highest BCUT2D eigenvalue weighted by atomic mass is 19.1. The van der Waals surface area contributed by atoms with Crippen molar-refractivity contribution in [3.05, 3.63) is 70.8 Å². The van der Waals surface area contributed by atoms with Crippen molar-refractivity contribution in [1.29, 1.82) is 0 Å². The van der Waals surface area contributed by atoms with E-state index in [1.165, 1.54) is 11.0 Å². The molecule has 1 fully saturated rings. The SMILES string of the molecule is CN1C(=O)[C@@H](NC(=O)c2n[nH]c(Cc3ccc(F)cc3F)n2)COc2ccc(CCC(=O)N3CCCC3)cc21. The maximum absolute atomic E-state index is 14.0. The number of aryl methyl sites for hydroxylation is 1. The van der Waals surface area contributed by atoms with E-state index in [0.29, 0.717) is 24.3 Å². The number of carbonyl (C=O) groups is 3. The molecule has 3 heterocycles. The first kappa shape index (κ1) is 26.3. The second kappa shape index (κ2) is 11.2. The zero-order chi connectivity index (χ0) is 27.5. The van der Waals surface area contributed by atoms with E-state index >= 15 is 0 Å². The largest absolute Gasteiger partial charge is 0.489 e. The van der Waals surface area contributed by atoms with Gasteiger partial charge in [-0.3, -0.25) is 19.5 Å². The van der Waals surface area contributed by atoms with Gasteiger partial charge in [0.25, 0.3) is 11.8 Å². The number of ether oxygens (including phenoxy) is 1. The van der Waals surface area contributed by atoms with E-state index in [2.05, 4.69) is 20.5 Å². The molecule has 204 valence electrons. The van der Waals surface area contributed by atoms with Crippen molar-refractivity contribution < 1.29 is 27.9 Å². The fraction of sp³-hybridized carbons (Fsp3) is 0.370. The smallest absolute Gasteiger partial charge is 0.291 e. The molecule has 2 N–H and O–H groups in total. The lowest BCUT2D eigenvalue weighted by molar-refractivity contribution is -0.130. The van der Waals surface area contributed by atoms with Gasteiger partial charge in [-0.05, 0) is 48.6 Å². The van der Waals surface area contributed by atoms with Gasteiger partial charge in [-0.25, -0.2) is 13.8 Å². The van der Waals surface area contributed by atoms with Gasteiger partial charge in [0.05, 0.1) is 5.69 Å². The van der Waals surface area contributed by atoms with Crippen LogP contribution in [0.2, 0.25) is 0 Å². The number of hydrogen-bond donors (Lipinski definition) is 2. The van der Waals surface area contributed by atoms with Crippen LogP contribution in [0.5, 0.6) is 5.75 Å². The number of anilines is 1. The van der Waals surface area contributed by atoms with Gasteiger partial charge in [-0.2, -0.15) is 0 Å². The highest BCUT2D eigenvalue weighted by Gasteiger charge is 2.32.